The molecule has 3 aliphatic heterocycles. The second-order valence-electron chi connectivity index (χ2n) is 7.24. The van der Waals surface area contributed by atoms with Gasteiger partial charge in [0.15, 0.2) is 0 Å². The molecule has 136 valence electrons. The molecule has 3 saturated heterocycles. The Kier molecular flexibility index (Phi) is 4.14. The van der Waals surface area contributed by atoms with Crippen molar-refractivity contribution in [2.24, 2.45) is 11.8 Å². The Hall–Kier alpha value is -2.37. The lowest BCUT2D eigenvalue weighted by Gasteiger charge is -2.25. The van der Waals surface area contributed by atoms with Crippen molar-refractivity contribution < 1.29 is 9.59 Å². The molecule has 3 heterocycles. The van der Waals surface area contributed by atoms with E-state index in [2.05, 4.69) is 29.2 Å². The van der Waals surface area contributed by atoms with Gasteiger partial charge in [0, 0.05) is 23.7 Å². The molecule has 4 atom stereocenters. The van der Waals surface area contributed by atoms with Crippen molar-refractivity contribution in [2.45, 2.75) is 12.1 Å². The number of nitrogens with zero attached hydrogens (tertiary/aromatic N) is 2. The van der Waals surface area contributed by atoms with Gasteiger partial charge in [-0.3, -0.25) is 14.5 Å². The summed E-state index contributed by atoms with van der Waals surface area (Å²) in [4.78, 5) is 30.3. The van der Waals surface area contributed by atoms with Crippen LogP contribution in [-0.2, 0) is 9.59 Å². The van der Waals surface area contributed by atoms with Gasteiger partial charge in [-0.15, -0.1) is 11.8 Å². The van der Waals surface area contributed by atoms with E-state index in [1.165, 1.54) is 4.90 Å². The number of fused-ring (bicyclic) bond motifs is 3. The number of para-hydroxylation sites is 1. The highest BCUT2D eigenvalue weighted by atomic mass is 32.2. The van der Waals surface area contributed by atoms with Crippen LogP contribution in [0.4, 0.5) is 5.69 Å². The lowest BCUT2D eigenvalue weighted by molar-refractivity contribution is -0.123. The molecule has 4 nitrogen and oxygen atoms in total. The van der Waals surface area contributed by atoms with Gasteiger partial charge in [-0.25, -0.2) is 4.90 Å². The zero-order valence-corrected chi connectivity index (χ0v) is 15.6. The van der Waals surface area contributed by atoms with E-state index < -0.39 is 0 Å². The average Bonchev–Trinajstić information content (AvgIpc) is 3.34. The van der Waals surface area contributed by atoms with Crippen LogP contribution in [-0.4, -0.2) is 40.4 Å². The first-order valence-electron chi connectivity index (χ1n) is 9.25. The van der Waals surface area contributed by atoms with Gasteiger partial charge in [0.2, 0.25) is 11.8 Å². The van der Waals surface area contributed by atoms with E-state index in [0.29, 0.717) is 5.69 Å². The number of carbonyl (C=O) groups is 2. The second-order valence-corrected chi connectivity index (χ2v) is 8.24. The third kappa shape index (κ3) is 2.65. The summed E-state index contributed by atoms with van der Waals surface area (Å²) in [6.07, 6.45) is 4.20. The van der Waals surface area contributed by atoms with Crippen LogP contribution >= 0.6 is 11.8 Å². The van der Waals surface area contributed by atoms with Crippen molar-refractivity contribution in [3.8, 4) is 0 Å². The zero-order valence-electron chi connectivity index (χ0n) is 14.8. The number of imide groups is 1. The summed E-state index contributed by atoms with van der Waals surface area (Å²) in [5, 5.41) is 0. The third-order valence-corrected chi connectivity index (χ3v) is 6.88. The molecule has 5 rings (SSSR count). The van der Waals surface area contributed by atoms with Crippen LogP contribution in [0, 0.1) is 11.8 Å². The van der Waals surface area contributed by atoms with Crippen LogP contribution in [0.25, 0.3) is 6.08 Å². The SMILES string of the molecule is O=C1[C@@H]2[C@@H](C(=O)N1c1ccccc1)[C@H]1CSCN1[C@@H]2/C=C/c1ccccc1. The maximum Gasteiger partial charge on any atom is 0.239 e. The molecule has 2 aromatic carbocycles. The summed E-state index contributed by atoms with van der Waals surface area (Å²) in [7, 11) is 0. The largest absolute Gasteiger partial charge is 0.282 e. The number of carbonyl (C=O) groups excluding carboxylic acids is 2. The number of rotatable bonds is 3. The standard InChI is InChI=1S/C22H20N2O2S/c25-21-19-17(12-11-15-7-3-1-4-8-15)23-14-27-13-18(23)20(19)22(26)24(21)16-9-5-2-6-10-16/h1-12,17-20H,13-14H2/b12-11+/t17-,18-,19+,20+/m1/s1. The first-order chi connectivity index (χ1) is 13.3. The van der Waals surface area contributed by atoms with Gasteiger partial charge >= 0.3 is 0 Å². The first kappa shape index (κ1) is 16.8. The summed E-state index contributed by atoms with van der Waals surface area (Å²) in [6.45, 7) is 0. The molecule has 2 aromatic rings. The lowest BCUT2D eigenvalue weighted by Crippen LogP contribution is -2.42. The molecule has 5 heteroatoms. The fraction of sp³-hybridized carbons (Fsp3) is 0.273. The van der Waals surface area contributed by atoms with Gasteiger partial charge in [-0.1, -0.05) is 60.7 Å². The van der Waals surface area contributed by atoms with Crippen LogP contribution in [0.1, 0.15) is 5.56 Å². The smallest absolute Gasteiger partial charge is 0.239 e. The lowest BCUT2D eigenvalue weighted by atomic mass is 9.89. The molecule has 3 fully saturated rings. The Morgan fingerprint density at radius 2 is 1.56 bits per heavy atom. The Balaban J connectivity index is 1.51. The zero-order chi connectivity index (χ0) is 18.4. The molecule has 2 amide bonds. The van der Waals surface area contributed by atoms with Gasteiger partial charge in [0.1, 0.15) is 0 Å². The summed E-state index contributed by atoms with van der Waals surface area (Å²) >= 11 is 1.85. The third-order valence-electron chi connectivity index (χ3n) is 5.82. The van der Waals surface area contributed by atoms with E-state index in [4.69, 9.17) is 0 Å². The monoisotopic (exact) mass is 376 g/mol. The highest BCUT2D eigenvalue weighted by molar-refractivity contribution is 7.99. The van der Waals surface area contributed by atoms with E-state index in [1.807, 2.05) is 60.3 Å². The maximum atomic E-state index is 13.3. The normalized spacial score (nSPS) is 30.3. The van der Waals surface area contributed by atoms with Crippen molar-refractivity contribution in [3.63, 3.8) is 0 Å². The van der Waals surface area contributed by atoms with Crippen molar-refractivity contribution in [3.05, 3.63) is 72.3 Å². The van der Waals surface area contributed by atoms with Crippen molar-refractivity contribution in [1.82, 2.24) is 4.90 Å². The molecular formula is C22H20N2O2S. The fourth-order valence-corrected chi connectivity index (χ4v) is 5.93. The Morgan fingerprint density at radius 1 is 0.889 bits per heavy atom. The molecule has 0 aliphatic carbocycles. The van der Waals surface area contributed by atoms with Crippen molar-refractivity contribution in [2.75, 3.05) is 16.5 Å². The van der Waals surface area contributed by atoms with E-state index in [-0.39, 0.29) is 35.7 Å². The predicted octanol–water partition coefficient (Wildman–Crippen LogP) is 3.26. The Labute approximate surface area is 162 Å². The average molecular weight is 376 g/mol. The molecule has 0 aromatic heterocycles. The molecule has 0 N–H and O–H groups in total. The van der Waals surface area contributed by atoms with E-state index in [0.717, 1.165) is 17.2 Å². The molecule has 0 saturated carbocycles. The number of hydrogen-bond donors (Lipinski definition) is 0. The molecular weight excluding hydrogens is 356 g/mol. The summed E-state index contributed by atoms with van der Waals surface area (Å²) in [6, 6.07) is 19.6. The van der Waals surface area contributed by atoms with Gasteiger partial charge in [0.05, 0.1) is 17.5 Å². The Bertz CT molecular complexity index is 899. The van der Waals surface area contributed by atoms with Crippen LogP contribution < -0.4 is 4.90 Å². The number of anilines is 1. The van der Waals surface area contributed by atoms with Gasteiger partial charge in [-0.05, 0) is 17.7 Å². The molecule has 0 unspecified atom stereocenters. The maximum absolute atomic E-state index is 13.3. The Morgan fingerprint density at radius 3 is 2.30 bits per heavy atom. The number of hydrogen-bond acceptors (Lipinski definition) is 4. The number of amides is 2. The predicted molar refractivity (Wildman–Crippen MR) is 108 cm³/mol. The topological polar surface area (TPSA) is 40.6 Å². The van der Waals surface area contributed by atoms with Crippen LogP contribution in [0.2, 0.25) is 0 Å². The molecule has 3 aliphatic rings. The minimum Gasteiger partial charge on any atom is -0.282 e. The van der Waals surface area contributed by atoms with Crippen LogP contribution in [0.15, 0.2) is 66.7 Å². The number of thioether (sulfide) groups is 1. The van der Waals surface area contributed by atoms with E-state index >= 15 is 0 Å². The highest BCUT2D eigenvalue weighted by Crippen LogP contribution is 2.48. The molecule has 0 spiro atoms. The quantitative estimate of drug-likeness (QED) is 0.771. The van der Waals surface area contributed by atoms with Crippen LogP contribution in [0.3, 0.4) is 0 Å². The first-order valence-corrected chi connectivity index (χ1v) is 10.4. The molecule has 27 heavy (non-hydrogen) atoms. The summed E-state index contributed by atoms with van der Waals surface area (Å²) in [5.74, 6) is 1.18. The summed E-state index contributed by atoms with van der Waals surface area (Å²) < 4.78 is 0. The van der Waals surface area contributed by atoms with Crippen molar-refractivity contribution >= 4 is 35.3 Å². The fourth-order valence-electron chi connectivity index (χ4n) is 4.61. The van der Waals surface area contributed by atoms with Crippen molar-refractivity contribution in [1.29, 1.82) is 0 Å². The number of benzene rings is 2. The van der Waals surface area contributed by atoms with Gasteiger partial charge < -0.3 is 0 Å². The molecule has 0 bridgehead atoms. The van der Waals surface area contributed by atoms with E-state index in [1.54, 1.807) is 0 Å². The van der Waals surface area contributed by atoms with Gasteiger partial charge in [-0.2, -0.15) is 0 Å². The van der Waals surface area contributed by atoms with E-state index in [9.17, 15) is 9.59 Å². The van der Waals surface area contributed by atoms with Gasteiger partial charge in [0.25, 0.3) is 0 Å². The minimum atomic E-state index is -0.288. The summed E-state index contributed by atoms with van der Waals surface area (Å²) in [5.41, 5.74) is 1.80. The highest BCUT2D eigenvalue weighted by Gasteiger charge is 2.62. The van der Waals surface area contributed by atoms with Crippen LogP contribution in [0.5, 0.6) is 0 Å². The molecule has 0 radical (unpaired) electrons. The minimum absolute atomic E-state index is 0.0274. The second kappa shape index (κ2) is 6.66.